The number of nitrogens with zero attached hydrogens (tertiary/aromatic N) is 3. The van der Waals surface area contributed by atoms with Crippen LogP contribution in [0.1, 0.15) is 52.4 Å². The summed E-state index contributed by atoms with van der Waals surface area (Å²) in [5.41, 5.74) is 13.2. The summed E-state index contributed by atoms with van der Waals surface area (Å²) < 4.78 is 13.8. The van der Waals surface area contributed by atoms with E-state index >= 15 is 0 Å². The summed E-state index contributed by atoms with van der Waals surface area (Å²) in [4.78, 5) is 9.88. The number of hydrogen-bond donors (Lipinski definition) is 2. The van der Waals surface area contributed by atoms with Crippen molar-refractivity contribution in [1.29, 1.82) is 0 Å². The lowest BCUT2D eigenvalue weighted by molar-refractivity contribution is 0.441. The van der Waals surface area contributed by atoms with E-state index in [9.17, 15) is 4.39 Å². The standard InChI is InChI=1S/C15H19FN4.C6H13N/c1-3-8-20(4-2)12-7-5-6-11(9-12)14-13(16)10-18-15(17)19-14;7-6-4-2-1-3-5-6/h5-7,9-10H,3-4,8H2,1-2H3,(H2,17,18,19);6H,1-5,7H2. The number of hydrogen-bond acceptors (Lipinski definition) is 5. The molecule has 0 atom stereocenters. The smallest absolute Gasteiger partial charge is 0.220 e. The third-order valence-corrected chi connectivity index (χ3v) is 4.77. The lowest BCUT2D eigenvalue weighted by Crippen LogP contribution is -2.23. The van der Waals surface area contributed by atoms with Crippen LogP contribution in [0.5, 0.6) is 0 Å². The zero-order valence-corrected chi connectivity index (χ0v) is 16.5. The first-order valence-corrected chi connectivity index (χ1v) is 9.94. The van der Waals surface area contributed by atoms with Crippen LogP contribution in [0.25, 0.3) is 11.3 Å². The second kappa shape index (κ2) is 10.8. The van der Waals surface area contributed by atoms with Gasteiger partial charge in [0.15, 0.2) is 5.82 Å². The average molecular weight is 374 g/mol. The van der Waals surface area contributed by atoms with Crippen LogP contribution < -0.4 is 16.4 Å². The van der Waals surface area contributed by atoms with Crippen LogP contribution in [-0.4, -0.2) is 29.1 Å². The Morgan fingerprint density at radius 3 is 2.52 bits per heavy atom. The first-order chi connectivity index (χ1) is 13.0. The number of rotatable bonds is 5. The summed E-state index contributed by atoms with van der Waals surface area (Å²) in [6, 6.07) is 8.22. The first-order valence-electron chi connectivity index (χ1n) is 9.94. The van der Waals surface area contributed by atoms with E-state index in [0.717, 1.165) is 31.4 Å². The van der Waals surface area contributed by atoms with E-state index in [1.807, 2.05) is 24.3 Å². The second-order valence-corrected chi connectivity index (χ2v) is 6.95. The molecule has 0 radical (unpaired) electrons. The molecule has 0 unspecified atom stereocenters. The van der Waals surface area contributed by atoms with Gasteiger partial charge in [0, 0.05) is 30.4 Å². The number of nitrogens with two attached hydrogens (primary N) is 2. The predicted molar refractivity (Wildman–Crippen MR) is 111 cm³/mol. The number of anilines is 2. The summed E-state index contributed by atoms with van der Waals surface area (Å²) in [5.74, 6) is -0.386. The van der Waals surface area contributed by atoms with E-state index in [4.69, 9.17) is 11.5 Å². The molecule has 1 aromatic heterocycles. The van der Waals surface area contributed by atoms with Gasteiger partial charge in [0.25, 0.3) is 0 Å². The number of halogens is 1. The van der Waals surface area contributed by atoms with Crippen molar-refractivity contribution in [1.82, 2.24) is 9.97 Å². The molecular formula is C21H32FN5. The first kappa shape index (κ1) is 21.1. The molecule has 1 saturated carbocycles. The van der Waals surface area contributed by atoms with Gasteiger partial charge < -0.3 is 16.4 Å². The maximum absolute atomic E-state index is 13.8. The lowest BCUT2D eigenvalue weighted by atomic mass is 9.97. The van der Waals surface area contributed by atoms with Crippen molar-refractivity contribution in [2.45, 2.75) is 58.4 Å². The van der Waals surface area contributed by atoms with Crippen molar-refractivity contribution in [3.8, 4) is 11.3 Å². The van der Waals surface area contributed by atoms with Gasteiger partial charge in [0.1, 0.15) is 5.69 Å². The van der Waals surface area contributed by atoms with Crippen molar-refractivity contribution in [2.24, 2.45) is 5.73 Å². The van der Waals surface area contributed by atoms with E-state index in [1.54, 1.807) is 0 Å². The van der Waals surface area contributed by atoms with Gasteiger partial charge in [-0.05, 0) is 38.3 Å². The predicted octanol–water partition coefficient (Wildman–Crippen LogP) is 4.38. The molecule has 0 saturated heterocycles. The van der Waals surface area contributed by atoms with E-state index in [0.29, 0.717) is 11.6 Å². The summed E-state index contributed by atoms with van der Waals surface area (Å²) in [5, 5.41) is 0. The molecule has 1 aromatic carbocycles. The van der Waals surface area contributed by atoms with Crippen LogP contribution in [0.15, 0.2) is 30.5 Å². The summed E-state index contributed by atoms with van der Waals surface area (Å²) >= 11 is 0. The van der Waals surface area contributed by atoms with E-state index < -0.39 is 5.82 Å². The zero-order valence-electron chi connectivity index (χ0n) is 16.5. The summed E-state index contributed by atoms with van der Waals surface area (Å²) in [7, 11) is 0. The van der Waals surface area contributed by atoms with Crippen molar-refractivity contribution in [3.05, 3.63) is 36.3 Å². The van der Waals surface area contributed by atoms with Crippen molar-refractivity contribution < 1.29 is 4.39 Å². The third-order valence-electron chi connectivity index (χ3n) is 4.77. The molecule has 4 N–H and O–H groups in total. The Balaban J connectivity index is 0.000000313. The van der Waals surface area contributed by atoms with Crippen LogP contribution in [0.2, 0.25) is 0 Å². The van der Waals surface area contributed by atoms with Gasteiger partial charge >= 0.3 is 0 Å². The summed E-state index contributed by atoms with van der Waals surface area (Å²) in [6.07, 6.45) is 8.83. The lowest BCUT2D eigenvalue weighted by Gasteiger charge is -2.23. The number of aromatic nitrogens is 2. The van der Waals surface area contributed by atoms with E-state index in [-0.39, 0.29) is 11.6 Å². The molecule has 5 nitrogen and oxygen atoms in total. The monoisotopic (exact) mass is 373 g/mol. The molecule has 1 aliphatic carbocycles. The van der Waals surface area contributed by atoms with E-state index in [1.165, 1.54) is 32.1 Å². The zero-order chi connectivity index (χ0) is 19.6. The van der Waals surface area contributed by atoms with Gasteiger partial charge in [0.2, 0.25) is 5.95 Å². The largest absolute Gasteiger partial charge is 0.372 e. The van der Waals surface area contributed by atoms with Gasteiger partial charge in [-0.1, -0.05) is 38.3 Å². The van der Waals surface area contributed by atoms with Crippen LogP contribution in [0.3, 0.4) is 0 Å². The van der Waals surface area contributed by atoms with Crippen molar-refractivity contribution in [3.63, 3.8) is 0 Å². The normalized spacial score (nSPS) is 14.4. The highest BCUT2D eigenvalue weighted by atomic mass is 19.1. The van der Waals surface area contributed by atoms with Gasteiger partial charge in [-0.2, -0.15) is 0 Å². The molecule has 6 heteroatoms. The molecule has 27 heavy (non-hydrogen) atoms. The molecule has 0 bridgehead atoms. The van der Waals surface area contributed by atoms with Gasteiger partial charge in [-0.25, -0.2) is 14.4 Å². The SMILES string of the molecule is CCCN(CC)c1cccc(-c2nc(N)ncc2F)c1.NC1CCCCC1. The van der Waals surface area contributed by atoms with Gasteiger partial charge in [-0.15, -0.1) is 0 Å². The van der Waals surface area contributed by atoms with Crippen LogP contribution in [0, 0.1) is 5.82 Å². The maximum atomic E-state index is 13.8. The molecule has 1 fully saturated rings. The fourth-order valence-corrected chi connectivity index (χ4v) is 3.31. The second-order valence-electron chi connectivity index (χ2n) is 6.95. The van der Waals surface area contributed by atoms with Crippen molar-refractivity contribution >= 4 is 11.6 Å². The van der Waals surface area contributed by atoms with Gasteiger partial charge in [0.05, 0.1) is 6.20 Å². The Kier molecular flexibility index (Phi) is 8.45. The Labute approximate surface area is 162 Å². The van der Waals surface area contributed by atoms with E-state index in [2.05, 4.69) is 28.7 Å². The molecule has 0 aliphatic heterocycles. The molecule has 2 aromatic rings. The quantitative estimate of drug-likeness (QED) is 0.813. The Morgan fingerprint density at radius 2 is 1.93 bits per heavy atom. The number of benzene rings is 1. The highest BCUT2D eigenvalue weighted by Crippen LogP contribution is 2.25. The summed E-state index contributed by atoms with van der Waals surface area (Å²) in [6.45, 7) is 6.11. The molecule has 0 spiro atoms. The minimum absolute atomic E-state index is 0.0766. The molecule has 3 rings (SSSR count). The minimum atomic E-state index is -0.463. The van der Waals surface area contributed by atoms with Gasteiger partial charge in [-0.3, -0.25) is 0 Å². The van der Waals surface area contributed by atoms with Crippen LogP contribution in [-0.2, 0) is 0 Å². The minimum Gasteiger partial charge on any atom is -0.372 e. The Hall–Kier alpha value is -2.21. The fourth-order valence-electron chi connectivity index (χ4n) is 3.31. The molecule has 1 aliphatic rings. The fraction of sp³-hybridized carbons (Fsp3) is 0.524. The van der Waals surface area contributed by atoms with Crippen molar-refractivity contribution in [2.75, 3.05) is 23.7 Å². The van der Waals surface area contributed by atoms with Crippen LogP contribution in [0.4, 0.5) is 16.0 Å². The molecular weight excluding hydrogens is 341 g/mol. The highest BCUT2D eigenvalue weighted by molar-refractivity contribution is 5.66. The van der Waals surface area contributed by atoms with Crippen LogP contribution >= 0.6 is 0 Å². The average Bonchev–Trinajstić information content (AvgIpc) is 2.69. The molecule has 0 amide bonds. The highest BCUT2D eigenvalue weighted by Gasteiger charge is 2.11. The molecule has 1 heterocycles. The number of nitrogen functional groups attached to an aromatic ring is 1. The Morgan fingerprint density at radius 1 is 1.19 bits per heavy atom. The topological polar surface area (TPSA) is 81.1 Å². The third kappa shape index (κ3) is 6.47. The Bertz CT molecular complexity index is 701. The molecule has 148 valence electrons. The maximum Gasteiger partial charge on any atom is 0.220 e.